The lowest BCUT2D eigenvalue weighted by Crippen LogP contribution is -2.42. The third kappa shape index (κ3) is 4.93. The second kappa shape index (κ2) is 5.80. The first-order chi connectivity index (χ1) is 6.67. The van der Waals surface area contributed by atoms with E-state index in [9.17, 15) is 14.3 Å². The van der Waals surface area contributed by atoms with Gasteiger partial charge in [-0.25, -0.2) is 9.18 Å². The van der Waals surface area contributed by atoms with Gasteiger partial charge in [0, 0.05) is 0 Å². The van der Waals surface area contributed by atoms with Gasteiger partial charge >= 0.3 is 5.97 Å². The molecule has 0 fully saturated rings. The molecule has 0 spiro atoms. The van der Waals surface area contributed by atoms with Gasteiger partial charge in [0.1, 0.15) is 6.10 Å². The van der Waals surface area contributed by atoms with Crippen LogP contribution in [0.15, 0.2) is 0 Å². The van der Waals surface area contributed by atoms with E-state index in [-0.39, 0.29) is 12.3 Å². The minimum absolute atomic E-state index is 0.0968. The summed E-state index contributed by atoms with van der Waals surface area (Å²) in [5, 5.41) is 9.51. The Labute approximate surface area is 98.1 Å². The smallest absolute Gasteiger partial charge is 0.358 e. The molecule has 5 heteroatoms. The number of hydrogen-bond acceptors (Lipinski definition) is 3. The van der Waals surface area contributed by atoms with E-state index in [0.717, 1.165) is 0 Å². The molecule has 0 aromatic heterocycles. The standard InChI is InChI=1S/C10H18BrFO3/c1-6(2)5-8(13)10(11,12)9(14)15-7(3)4/h6-8,13H,5H2,1-4H3/t8-,10+/m0/s1. The Kier molecular flexibility index (Phi) is 5.73. The SMILES string of the molecule is CC(C)C[C@H](O)[C@](F)(Br)C(=O)OC(C)C. The molecule has 0 aliphatic heterocycles. The van der Waals surface area contributed by atoms with Gasteiger partial charge in [0.2, 0.25) is 0 Å². The van der Waals surface area contributed by atoms with Crippen molar-refractivity contribution in [3.05, 3.63) is 0 Å². The Morgan fingerprint density at radius 3 is 2.27 bits per heavy atom. The number of aliphatic hydroxyl groups excluding tert-OH is 1. The summed E-state index contributed by atoms with van der Waals surface area (Å²) < 4.78 is 16.0. The number of alkyl halides is 2. The van der Waals surface area contributed by atoms with Crippen molar-refractivity contribution in [3.63, 3.8) is 0 Å². The van der Waals surface area contributed by atoms with Crippen LogP contribution in [0.3, 0.4) is 0 Å². The zero-order chi connectivity index (χ0) is 12.2. The number of hydrogen-bond donors (Lipinski definition) is 1. The molecule has 0 aromatic carbocycles. The Balaban J connectivity index is 4.44. The average Bonchev–Trinajstić information content (AvgIpc) is 2.01. The third-order valence-electron chi connectivity index (χ3n) is 1.73. The molecule has 0 aliphatic rings. The van der Waals surface area contributed by atoms with Crippen molar-refractivity contribution >= 4 is 21.9 Å². The first-order valence-corrected chi connectivity index (χ1v) is 5.74. The van der Waals surface area contributed by atoms with E-state index >= 15 is 0 Å². The quantitative estimate of drug-likeness (QED) is 0.623. The molecule has 0 bridgehead atoms. The highest BCUT2D eigenvalue weighted by atomic mass is 79.9. The molecule has 0 radical (unpaired) electrons. The van der Waals surface area contributed by atoms with Gasteiger partial charge in [-0.1, -0.05) is 13.8 Å². The molecular formula is C10H18BrFO3. The number of carbonyl (C=O) groups excluding carboxylic acids is 1. The van der Waals surface area contributed by atoms with Gasteiger partial charge in [-0.3, -0.25) is 0 Å². The normalized spacial score (nSPS) is 17.7. The van der Waals surface area contributed by atoms with Crippen LogP contribution in [0.4, 0.5) is 4.39 Å². The molecule has 0 heterocycles. The minimum Gasteiger partial charge on any atom is -0.460 e. The van der Waals surface area contributed by atoms with Crippen LogP contribution in [0.2, 0.25) is 0 Å². The highest BCUT2D eigenvalue weighted by Gasteiger charge is 2.45. The number of halogens is 2. The Bertz CT molecular complexity index is 217. The Hall–Kier alpha value is -0.160. The summed E-state index contributed by atoms with van der Waals surface area (Å²) >= 11 is 2.58. The Morgan fingerprint density at radius 2 is 1.93 bits per heavy atom. The first kappa shape index (κ1) is 14.8. The maximum absolute atomic E-state index is 13.8. The monoisotopic (exact) mass is 284 g/mol. The summed E-state index contributed by atoms with van der Waals surface area (Å²) in [5.41, 5.74) is 0. The number of carbonyl (C=O) groups is 1. The fourth-order valence-electron chi connectivity index (χ4n) is 1.02. The number of ether oxygens (including phenoxy) is 1. The summed E-state index contributed by atoms with van der Waals surface area (Å²) in [7, 11) is 0. The maximum Gasteiger partial charge on any atom is 0.358 e. The molecule has 0 unspecified atom stereocenters. The van der Waals surface area contributed by atoms with Crippen molar-refractivity contribution in [1.82, 2.24) is 0 Å². The van der Waals surface area contributed by atoms with Crippen molar-refractivity contribution in [2.45, 2.75) is 50.9 Å². The predicted molar refractivity (Wildman–Crippen MR) is 59.5 cm³/mol. The topological polar surface area (TPSA) is 46.5 Å². The molecule has 0 rings (SSSR count). The van der Waals surface area contributed by atoms with Gasteiger partial charge in [0.15, 0.2) is 0 Å². The minimum atomic E-state index is -2.51. The molecule has 1 N–H and O–H groups in total. The van der Waals surface area contributed by atoms with Crippen LogP contribution < -0.4 is 0 Å². The molecule has 15 heavy (non-hydrogen) atoms. The van der Waals surface area contributed by atoms with Crippen molar-refractivity contribution in [2.75, 3.05) is 0 Å². The van der Waals surface area contributed by atoms with E-state index < -0.39 is 22.8 Å². The summed E-state index contributed by atoms with van der Waals surface area (Å²) in [5.74, 6) is -0.981. The summed E-state index contributed by atoms with van der Waals surface area (Å²) in [6.45, 7) is 6.91. The maximum atomic E-state index is 13.8. The van der Waals surface area contributed by atoms with Crippen LogP contribution in [-0.2, 0) is 9.53 Å². The average molecular weight is 285 g/mol. The predicted octanol–water partition coefficient (Wildman–Crippen LogP) is 2.41. The zero-order valence-electron chi connectivity index (χ0n) is 9.46. The van der Waals surface area contributed by atoms with Gasteiger partial charge < -0.3 is 9.84 Å². The second-order valence-electron chi connectivity index (χ2n) is 4.22. The van der Waals surface area contributed by atoms with Crippen LogP contribution in [0, 0.1) is 5.92 Å². The lowest BCUT2D eigenvalue weighted by molar-refractivity contribution is -0.160. The van der Waals surface area contributed by atoms with E-state index in [2.05, 4.69) is 15.9 Å². The highest BCUT2D eigenvalue weighted by Crippen LogP contribution is 2.30. The van der Waals surface area contributed by atoms with Crippen molar-refractivity contribution in [3.8, 4) is 0 Å². The van der Waals surface area contributed by atoms with Gasteiger partial charge in [-0.15, -0.1) is 0 Å². The van der Waals surface area contributed by atoms with Crippen LogP contribution in [0.1, 0.15) is 34.1 Å². The van der Waals surface area contributed by atoms with Crippen molar-refractivity contribution < 1.29 is 19.0 Å². The summed E-state index contributed by atoms with van der Waals surface area (Å²) in [6, 6.07) is 0. The highest BCUT2D eigenvalue weighted by molar-refractivity contribution is 9.10. The number of esters is 1. The molecule has 2 atom stereocenters. The molecule has 0 amide bonds. The molecular weight excluding hydrogens is 267 g/mol. The van der Waals surface area contributed by atoms with Crippen molar-refractivity contribution in [1.29, 1.82) is 0 Å². The molecule has 90 valence electrons. The largest absolute Gasteiger partial charge is 0.460 e. The van der Waals surface area contributed by atoms with E-state index in [0.29, 0.717) is 0 Å². The van der Waals surface area contributed by atoms with Gasteiger partial charge in [0.25, 0.3) is 4.58 Å². The molecule has 0 aliphatic carbocycles. The van der Waals surface area contributed by atoms with Crippen LogP contribution >= 0.6 is 15.9 Å². The van der Waals surface area contributed by atoms with E-state index in [1.54, 1.807) is 13.8 Å². The molecule has 3 nitrogen and oxygen atoms in total. The summed E-state index contributed by atoms with van der Waals surface area (Å²) in [6.07, 6.45) is -1.62. The second-order valence-corrected chi connectivity index (χ2v) is 5.38. The van der Waals surface area contributed by atoms with Crippen LogP contribution in [0.5, 0.6) is 0 Å². The number of rotatable bonds is 5. The molecule has 0 aromatic rings. The van der Waals surface area contributed by atoms with E-state index in [1.807, 2.05) is 13.8 Å². The third-order valence-corrected chi connectivity index (χ3v) is 2.58. The lowest BCUT2D eigenvalue weighted by Gasteiger charge is -2.24. The van der Waals surface area contributed by atoms with Gasteiger partial charge in [-0.2, -0.15) is 0 Å². The fraction of sp³-hybridized carbons (Fsp3) is 0.900. The molecule has 0 saturated heterocycles. The lowest BCUT2D eigenvalue weighted by atomic mass is 10.0. The van der Waals surface area contributed by atoms with Gasteiger partial charge in [-0.05, 0) is 42.1 Å². The van der Waals surface area contributed by atoms with Gasteiger partial charge in [0.05, 0.1) is 6.10 Å². The fourth-order valence-corrected chi connectivity index (χ4v) is 1.30. The molecule has 0 saturated carbocycles. The van der Waals surface area contributed by atoms with E-state index in [1.165, 1.54) is 0 Å². The summed E-state index contributed by atoms with van der Waals surface area (Å²) in [4.78, 5) is 11.3. The van der Waals surface area contributed by atoms with Crippen molar-refractivity contribution in [2.24, 2.45) is 5.92 Å². The van der Waals surface area contributed by atoms with Crippen LogP contribution in [-0.4, -0.2) is 27.9 Å². The Morgan fingerprint density at radius 1 is 1.47 bits per heavy atom. The first-order valence-electron chi connectivity index (χ1n) is 4.94. The number of aliphatic hydroxyl groups is 1. The van der Waals surface area contributed by atoms with E-state index in [4.69, 9.17) is 4.74 Å². The van der Waals surface area contributed by atoms with Crippen LogP contribution in [0.25, 0.3) is 0 Å². The zero-order valence-corrected chi connectivity index (χ0v) is 11.0.